The van der Waals surface area contributed by atoms with Gasteiger partial charge in [-0.25, -0.2) is 14.3 Å². The first-order valence-electron chi connectivity index (χ1n) is 5.39. The van der Waals surface area contributed by atoms with Crippen LogP contribution in [-0.4, -0.2) is 46.4 Å². The maximum Gasteiger partial charge on any atom is 0.337 e. The van der Waals surface area contributed by atoms with Crippen molar-refractivity contribution in [2.24, 2.45) is 0 Å². The van der Waals surface area contributed by atoms with Crippen molar-refractivity contribution in [2.75, 3.05) is 14.2 Å². The third kappa shape index (κ3) is 2.57. The van der Waals surface area contributed by atoms with Crippen LogP contribution in [0.2, 0.25) is 0 Å². The molecule has 1 N–H and O–H groups in total. The molecule has 0 amide bonds. The van der Waals surface area contributed by atoms with E-state index >= 15 is 0 Å². The molecule has 2 rings (SSSR count). The lowest BCUT2D eigenvalue weighted by atomic mass is 10.1. The van der Waals surface area contributed by atoms with Crippen LogP contribution in [0.4, 0.5) is 0 Å². The van der Waals surface area contributed by atoms with E-state index in [1.54, 1.807) is 0 Å². The summed E-state index contributed by atoms with van der Waals surface area (Å²) in [6, 6.07) is 4.36. The Morgan fingerprint density at radius 3 is 2.10 bits per heavy atom. The number of tetrazole rings is 1. The van der Waals surface area contributed by atoms with Crippen LogP contribution in [-0.2, 0) is 9.47 Å². The number of esters is 2. The fourth-order valence-corrected chi connectivity index (χ4v) is 1.76. The summed E-state index contributed by atoms with van der Waals surface area (Å²) in [4.78, 5) is 23.3. The van der Waals surface area contributed by atoms with Gasteiger partial charge in [-0.3, -0.25) is 0 Å². The SMILES string of the molecule is COC(=O)c1cc(C(=O)OC)cc(-n2[nH]nnc2=S)c1. The standard InChI is InChI=1S/C11H10N4O4S/c1-18-9(16)6-3-7(10(17)19-2)5-8(4-6)15-11(20)12-13-14-15/h3-5H,1-2H3,(H,12,14,20). The van der Waals surface area contributed by atoms with Crippen LogP contribution in [0.25, 0.3) is 5.69 Å². The van der Waals surface area contributed by atoms with Crippen molar-refractivity contribution in [3.05, 3.63) is 34.1 Å². The lowest BCUT2D eigenvalue weighted by Gasteiger charge is -2.07. The van der Waals surface area contributed by atoms with Gasteiger partial charge in [0, 0.05) is 0 Å². The molecule has 0 fully saturated rings. The fraction of sp³-hybridized carbons (Fsp3) is 0.182. The average molecular weight is 294 g/mol. The third-order valence-corrected chi connectivity index (χ3v) is 2.75. The Morgan fingerprint density at radius 1 is 1.15 bits per heavy atom. The van der Waals surface area contributed by atoms with Crippen LogP contribution in [0, 0.1) is 4.77 Å². The Bertz CT molecular complexity index is 687. The molecule has 0 unspecified atom stereocenters. The van der Waals surface area contributed by atoms with Crippen molar-refractivity contribution < 1.29 is 19.1 Å². The molecule has 0 radical (unpaired) electrons. The highest BCUT2D eigenvalue weighted by molar-refractivity contribution is 7.71. The van der Waals surface area contributed by atoms with Gasteiger partial charge in [-0.15, -0.1) is 0 Å². The van der Waals surface area contributed by atoms with Gasteiger partial charge in [-0.05, 0) is 30.4 Å². The summed E-state index contributed by atoms with van der Waals surface area (Å²) in [5.41, 5.74) is 0.784. The number of H-pyrrole nitrogens is 1. The second-order valence-electron chi connectivity index (χ2n) is 3.67. The minimum Gasteiger partial charge on any atom is -0.465 e. The van der Waals surface area contributed by atoms with E-state index in [1.807, 2.05) is 0 Å². The van der Waals surface area contributed by atoms with Gasteiger partial charge in [-0.1, -0.05) is 10.3 Å². The van der Waals surface area contributed by atoms with E-state index in [0.717, 1.165) is 0 Å². The molecule has 9 heteroatoms. The molecular weight excluding hydrogens is 284 g/mol. The Labute approximate surface area is 118 Å². The molecule has 104 valence electrons. The largest absolute Gasteiger partial charge is 0.465 e. The maximum atomic E-state index is 11.6. The van der Waals surface area contributed by atoms with Crippen molar-refractivity contribution >= 4 is 24.2 Å². The number of aromatic nitrogens is 4. The van der Waals surface area contributed by atoms with Gasteiger partial charge in [0.1, 0.15) is 0 Å². The molecule has 8 nitrogen and oxygen atoms in total. The van der Waals surface area contributed by atoms with E-state index in [2.05, 4.69) is 25.0 Å². The van der Waals surface area contributed by atoms with Gasteiger partial charge in [0.2, 0.25) is 4.77 Å². The molecule has 1 heterocycles. The van der Waals surface area contributed by atoms with E-state index < -0.39 is 11.9 Å². The molecule has 0 bridgehead atoms. The number of nitrogens with zero attached hydrogens (tertiary/aromatic N) is 3. The van der Waals surface area contributed by atoms with E-state index in [-0.39, 0.29) is 15.9 Å². The van der Waals surface area contributed by atoms with Crippen molar-refractivity contribution in [2.45, 2.75) is 0 Å². The summed E-state index contributed by atoms with van der Waals surface area (Å²) in [5.74, 6) is -1.17. The highest BCUT2D eigenvalue weighted by Crippen LogP contribution is 2.15. The van der Waals surface area contributed by atoms with Gasteiger partial charge in [0.25, 0.3) is 0 Å². The topological polar surface area (TPSA) is 99.1 Å². The third-order valence-electron chi connectivity index (χ3n) is 2.49. The number of hydrogen-bond acceptors (Lipinski definition) is 7. The summed E-state index contributed by atoms with van der Waals surface area (Å²) in [6.45, 7) is 0. The van der Waals surface area contributed by atoms with Gasteiger partial charge in [-0.2, -0.15) is 5.21 Å². The van der Waals surface area contributed by atoms with Gasteiger partial charge in [0.05, 0.1) is 31.0 Å². The summed E-state index contributed by atoms with van der Waals surface area (Å²) in [5, 5.41) is 9.70. The zero-order chi connectivity index (χ0) is 14.7. The van der Waals surface area contributed by atoms with Gasteiger partial charge in [0.15, 0.2) is 0 Å². The molecule has 0 aliphatic heterocycles. The van der Waals surface area contributed by atoms with Crippen LogP contribution in [0.5, 0.6) is 0 Å². The number of nitrogens with one attached hydrogen (secondary N) is 1. The summed E-state index contributed by atoms with van der Waals surface area (Å²) in [6.07, 6.45) is 0. The average Bonchev–Trinajstić information content (AvgIpc) is 2.91. The Hall–Kier alpha value is -2.55. The van der Waals surface area contributed by atoms with Crippen molar-refractivity contribution in [1.29, 1.82) is 0 Å². The first-order valence-corrected chi connectivity index (χ1v) is 5.80. The minimum absolute atomic E-state index is 0.155. The molecule has 0 saturated heterocycles. The molecule has 0 saturated carbocycles. The quantitative estimate of drug-likeness (QED) is 0.663. The molecule has 2 aromatic rings. The molecule has 0 aliphatic rings. The van der Waals surface area contributed by atoms with Crippen molar-refractivity contribution in [1.82, 2.24) is 20.2 Å². The second kappa shape index (κ2) is 5.61. The summed E-state index contributed by atoms with van der Waals surface area (Å²) < 4.78 is 10.8. The van der Waals surface area contributed by atoms with Crippen molar-refractivity contribution in [3.63, 3.8) is 0 Å². The zero-order valence-electron chi connectivity index (χ0n) is 10.6. The Morgan fingerprint density at radius 2 is 1.70 bits per heavy atom. The van der Waals surface area contributed by atoms with E-state index in [9.17, 15) is 9.59 Å². The summed E-state index contributed by atoms with van der Waals surface area (Å²) >= 11 is 4.97. The number of methoxy groups -OCH3 is 2. The Balaban J connectivity index is 2.63. The van der Waals surface area contributed by atoms with Crippen LogP contribution in [0.3, 0.4) is 0 Å². The van der Waals surface area contributed by atoms with Crippen LogP contribution >= 0.6 is 12.2 Å². The number of carbonyl (C=O) groups excluding carboxylic acids is 2. The molecular formula is C11H10N4O4S. The molecule has 1 aromatic carbocycles. The highest BCUT2D eigenvalue weighted by atomic mass is 32.1. The predicted octanol–water partition coefficient (Wildman–Crippen LogP) is 0.898. The van der Waals surface area contributed by atoms with E-state index in [4.69, 9.17) is 12.2 Å². The second-order valence-corrected chi connectivity index (χ2v) is 4.03. The smallest absolute Gasteiger partial charge is 0.337 e. The highest BCUT2D eigenvalue weighted by Gasteiger charge is 2.15. The summed E-state index contributed by atoms with van der Waals surface area (Å²) in [7, 11) is 2.49. The normalized spacial score (nSPS) is 10.1. The molecule has 0 aliphatic carbocycles. The van der Waals surface area contributed by atoms with Crippen LogP contribution in [0.1, 0.15) is 20.7 Å². The maximum absolute atomic E-state index is 11.6. The monoisotopic (exact) mass is 294 g/mol. The fourth-order valence-electron chi connectivity index (χ4n) is 1.58. The lowest BCUT2D eigenvalue weighted by Crippen LogP contribution is -2.09. The minimum atomic E-state index is -0.587. The number of benzene rings is 1. The molecule has 20 heavy (non-hydrogen) atoms. The zero-order valence-corrected chi connectivity index (χ0v) is 11.4. The van der Waals surface area contributed by atoms with Gasteiger partial charge < -0.3 is 9.47 Å². The van der Waals surface area contributed by atoms with Crippen LogP contribution in [0.15, 0.2) is 18.2 Å². The number of hydrogen-bond donors (Lipinski definition) is 1. The number of aromatic amines is 1. The molecule has 1 aromatic heterocycles. The van der Waals surface area contributed by atoms with E-state index in [0.29, 0.717) is 5.69 Å². The number of rotatable bonds is 3. The van der Waals surface area contributed by atoms with E-state index in [1.165, 1.54) is 37.1 Å². The lowest BCUT2D eigenvalue weighted by molar-refractivity contribution is 0.0599. The Kier molecular flexibility index (Phi) is 3.89. The number of ether oxygens (including phenoxy) is 2. The van der Waals surface area contributed by atoms with Crippen LogP contribution < -0.4 is 0 Å². The first-order chi connectivity index (χ1) is 9.56. The van der Waals surface area contributed by atoms with Crippen molar-refractivity contribution in [3.8, 4) is 5.69 Å². The molecule has 0 atom stereocenters. The van der Waals surface area contributed by atoms with Gasteiger partial charge >= 0.3 is 11.9 Å². The number of carbonyl (C=O) groups is 2. The predicted molar refractivity (Wildman–Crippen MR) is 69.2 cm³/mol. The molecule has 0 spiro atoms. The first kappa shape index (κ1) is 13.9.